The molecule has 0 bridgehead atoms. The molecule has 1 aromatic rings. The zero-order chi connectivity index (χ0) is 12.8. The van der Waals surface area contributed by atoms with Gasteiger partial charge in [-0.1, -0.05) is 18.2 Å². The maximum absolute atomic E-state index is 8.63. The Balaban J connectivity index is 1.84. The van der Waals surface area contributed by atoms with Gasteiger partial charge in [0.05, 0.1) is 19.8 Å². The van der Waals surface area contributed by atoms with E-state index >= 15 is 0 Å². The van der Waals surface area contributed by atoms with E-state index in [1.807, 2.05) is 0 Å². The van der Waals surface area contributed by atoms with Gasteiger partial charge < -0.3 is 15.2 Å². The molecule has 0 saturated heterocycles. The van der Waals surface area contributed by atoms with Crippen molar-refractivity contribution in [1.29, 1.82) is 0 Å². The molecular formula is C14H22N2O2. The van der Waals surface area contributed by atoms with Gasteiger partial charge in [0.25, 0.3) is 0 Å². The predicted octanol–water partition coefficient (Wildman–Crippen LogP) is 1.10. The topological polar surface area (TPSA) is 44.7 Å². The van der Waals surface area contributed by atoms with Crippen molar-refractivity contribution in [2.75, 3.05) is 45.3 Å². The quantitative estimate of drug-likeness (QED) is 0.711. The summed E-state index contributed by atoms with van der Waals surface area (Å²) in [6.07, 6.45) is 1.13. The Labute approximate surface area is 109 Å². The van der Waals surface area contributed by atoms with Crippen LogP contribution in [-0.4, -0.2) is 50.0 Å². The highest BCUT2D eigenvalue weighted by Crippen LogP contribution is 2.26. The van der Waals surface area contributed by atoms with Crippen LogP contribution >= 0.6 is 0 Å². The Kier molecular flexibility index (Phi) is 4.99. The third kappa shape index (κ3) is 3.45. The molecule has 0 unspecified atom stereocenters. The van der Waals surface area contributed by atoms with Gasteiger partial charge in [-0.25, -0.2) is 0 Å². The van der Waals surface area contributed by atoms with Crippen molar-refractivity contribution >= 4 is 5.69 Å². The largest absolute Gasteiger partial charge is 0.394 e. The lowest BCUT2D eigenvalue weighted by atomic mass is 10.1. The molecular weight excluding hydrogens is 228 g/mol. The van der Waals surface area contributed by atoms with E-state index in [0.29, 0.717) is 13.2 Å². The van der Waals surface area contributed by atoms with Gasteiger partial charge in [-0.05, 0) is 24.6 Å². The highest BCUT2D eigenvalue weighted by molar-refractivity contribution is 5.61. The van der Waals surface area contributed by atoms with Crippen LogP contribution in [0.5, 0.6) is 0 Å². The number of aliphatic hydroxyl groups is 1. The van der Waals surface area contributed by atoms with Gasteiger partial charge >= 0.3 is 0 Å². The number of nitrogens with zero attached hydrogens (tertiary/aromatic N) is 1. The molecule has 100 valence electrons. The molecule has 0 spiro atoms. The molecule has 0 aliphatic carbocycles. The molecule has 4 heteroatoms. The van der Waals surface area contributed by atoms with Crippen molar-refractivity contribution in [2.24, 2.45) is 0 Å². The minimum absolute atomic E-state index is 0.0971. The average molecular weight is 250 g/mol. The average Bonchev–Trinajstić information content (AvgIpc) is 2.84. The van der Waals surface area contributed by atoms with Crippen LogP contribution in [0.15, 0.2) is 18.2 Å². The number of likely N-dealkylation sites (N-methyl/N-ethyl adjacent to an activating group) is 1. The van der Waals surface area contributed by atoms with Gasteiger partial charge in [-0.3, -0.25) is 4.90 Å². The number of nitrogens with one attached hydrogen (secondary N) is 1. The summed E-state index contributed by atoms with van der Waals surface area (Å²) in [5.74, 6) is 0. The monoisotopic (exact) mass is 250 g/mol. The van der Waals surface area contributed by atoms with Gasteiger partial charge in [-0.15, -0.1) is 0 Å². The molecule has 0 aromatic heterocycles. The number of para-hydroxylation sites is 1. The van der Waals surface area contributed by atoms with Gasteiger partial charge in [0.2, 0.25) is 0 Å². The van der Waals surface area contributed by atoms with Crippen molar-refractivity contribution in [3.05, 3.63) is 29.3 Å². The highest BCUT2D eigenvalue weighted by atomic mass is 16.5. The summed E-state index contributed by atoms with van der Waals surface area (Å²) in [5, 5.41) is 12.1. The third-order valence-corrected chi connectivity index (χ3v) is 3.23. The van der Waals surface area contributed by atoms with E-state index in [-0.39, 0.29) is 6.61 Å². The molecule has 18 heavy (non-hydrogen) atoms. The van der Waals surface area contributed by atoms with Crippen molar-refractivity contribution < 1.29 is 9.84 Å². The molecule has 0 atom stereocenters. The first-order chi connectivity index (χ1) is 8.81. The second-order valence-electron chi connectivity index (χ2n) is 4.70. The Bertz CT molecular complexity index is 382. The number of rotatable bonds is 7. The molecule has 1 aliphatic rings. The fourth-order valence-electron chi connectivity index (χ4n) is 2.30. The second kappa shape index (κ2) is 6.73. The zero-order valence-electron chi connectivity index (χ0n) is 11.0. The number of fused-ring (bicyclic) bond motifs is 1. The maximum Gasteiger partial charge on any atom is 0.0698 e. The maximum atomic E-state index is 8.63. The van der Waals surface area contributed by atoms with Crippen LogP contribution in [0, 0.1) is 0 Å². The number of hydrogen-bond donors (Lipinski definition) is 2. The number of hydrogen-bond acceptors (Lipinski definition) is 4. The molecule has 1 heterocycles. The highest BCUT2D eigenvalue weighted by Gasteiger charge is 2.14. The van der Waals surface area contributed by atoms with E-state index in [1.54, 1.807) is 0 Å². The predicted molar refractivity (Wildman–Crippen MR) is 72.9 cm³/mol. The molecule has 1 aromatic carbocycles. The Morgan fingerprint density at radius 2 is 2.28 bits per heavy atom. The fraction of sp³-hybridized carbons (Fsp3) is 0.571. The van der Waals surface area contributed by atoms with Crippen molar-refractivity contribution in [1.82, 2.24) is 4.90 Å². The van der Waals surface area contributed by atoms with Crippen LogP contribution in [0.1, 0.15) is 11.1 Å². The van der Waals surface area contributed by atoms with Gasteiger partial charge in [-0.2, -0.15) is 0 Å². The van der Waals surface area contributed by atoms with Crippen molar-refractivity contribution in [2.45, 2.75) is 13.0 Å². The molecule has 0 radical (unpaired) electrons. The first-order valence-electron chi connectivity index (χ1n) is 6.53. The first kappa shape index (κ1) is 13.3. The summed E-state index contributed by atoms with van der Waals surface area (Å²) in [7, 11) is 2.09. The summed E-state index contributed by atoms with van der Waals surface area (Å²) in [4.78, 5) is 2.24. The van der Waals surface area contributed by atoms with Gasteiger partial charge in [0, 0.05) is 25.3 Å². The zero-order valence-corrected chi connectivity index (χ0v) is 11.0. The molecule has 4 nitrogen and oxygen atoms in total. The lowest BCUT2D eigenvalue weighted by Gasteiger charge is -2.18. The smallest absolute Gasteiger partial charge is 0.0698 e. The van der Waals surface area contributed by atoms with E-state index in [9.17, 15) is 0 Å². The van der Waals surface area contributed by atoms with Gasteiger partial charge in [0.15, 0.2) is 0 Å². The Hall–Kier alpha value is -1.10. The summed E-state index contributed by atoms with van der Waals surface area (Å²) in [6, 6.07) is 6.52. The SMILES string of the molecule is CN(CCOCCO)Cc1cccc2c1NCC2. The molecule has 0 fully saturated rings. The number of aliphatic hydroxyl groups excluding tert-OH is 1. The second-order valence-corrected chi connectivity index (χ2v) is 4.70. The number of benzene rings is 1. The third-order valence-electron chi connectivity index (χ3n) is 3.23. The Morgan fingerprint density at radius 1 is 1.39 bits per heavy atom. The van der Waals surface area contributed by atoms with Crippen molar-refractivity contribution in [3.8, 4) is 0 Å². The molecule has 2 N–H and O–H groups in total. The van der Waals surface area contributed by atoms with Crippen LogP contribution in [0.3, 0.4) is 0 Å². The van der Waals surface area contributed by atoms with E-state index in [2.05, 4.69) is 35.5 Å². The van der Waals surface area contributed by atoms with E-state index < -0.39 is 0 Å². The minimum Gasteiger partial charge on any atom is -0.394 e. The first-order valence-corrected chi connectivity index (χ1v) is 6.53. The molecule has 1 aliphatic heterocycles. The van der Waals surface area contributed by atoms with E-state index in [4.69, 9.17) is 9.84 Å². The standard InChI is InChI=1S/C14H22N2O2/c1-16(7-9-18-10-8-17)11-13-4-2-3-12-5-6-15-14(12)13/h2-4,15,17H,5-11H2,1H3. The van der Waals surface area contributed by atoms with Gasteiger partial charge in [0.1, 0.15) is 0 Å². The Morgan fingerprint density at radius 3 is 3.11 bits per heavy atom. The van der Waals surface area contributed by atoms with E-state index in [0.717, 1.165) is 26.1 Å². The van der Waals surface area contributed by atoms with E-state index in [1.165, 1.54) is 16.8 Å². The normalized spacial score (nSPS) is 13.7. The molecule has 0 saturated carbocycles. The molecule has 0 amide bonds. The lowest BCUT2D eigenvalue weighted by Crippen LogP contribution is -2.23. The fourth-order valence-corrected chi connectivity index (χ4v) is 2.30. The van der Waals surface area contributed by atoms with Crippen molar-refractivity contribution in [3.63, 3.8) is 0 Å². The van der Waals surface area contributed by atoms with Crippen LogP contribution in [0.2, 0.25) is 0 Å². The number of anilines is 1. The van der Waals surface area contributed by atoms with Crippen LogP contribution in [-0.2, 0) is 17.7 Å². The van der Waals surface area contributed by atoms with Crippen LogP contribution in [0.4, 0.5) is 5.69 Å². The summed E-state index contributed by atoms with van der Waals surface area (Å²) >= 11 is 0. The number of ether oxygens (including phenoxy) is 1. The lowest BCUT2D eigenvalue weighted by molar-refractivity contribution is 0.0773. The van der Waals surface area contributed by atoms with Crippen LogP contribution in [0.25, 0.3) is 0 Å². The van der Waals surface area contributed by atoms with Crippen LogP contribution < -0.4 is 5.32 Å². The summed E-state index contributed by atoms with van der Waals surface area (Å²) in [6.45, 7) is 4.05. The summed E-state index contributed by atoms with van der Waals surface area (Å²) < 4.78 is 5.28. The summed E-state index contributed by atoms with van der Waals surface area (Å²) in [5.41, 5.74) is 4.10. The molecule has 2 rings (SSSR count). The minimum atomic E-state index is 0.0971.